The Balaban J connectivity index is 1.96. The van der Waals surface area contributed by atoms with Gasteiger partial charge in [0, 0.05) is 17.4 Å². The number of fused-ring (bicyclic) bond motifs is 1. The van der Waals surface area contributed by atoms with Crippen LogP contribution in [0.25, 0.3) is 0 Å². The fourth-order valence-corrected chi connectivity index (χ4v) is 3.52. The van der Waals surface area contributed by atoms with Crippen LogP contribution in [0.3, 0.4) is 0 Å². The van der Waals surface area contributed by atoms with E-state index in [-0.39, 0.29) is 24.4 Å². The summed E-state index contributed by atoms with van der Waals surface area (Å²) in [4.78, 5) is 35.5. The number of carboxylic acids is 1. The zero-order chi connectivity index (χ0) is 15.2. The molecule has 21 heavy (non-hydrogen) atoms. The van der Waals surface area contributed by atoms with Crippen molar-refractivity contribution in [2.75, 3.05) is 7.11 Å². The number of carbonyl (C=O) groups is 3. The van der Waals surface area contributed by atoms with Gasteiger partial charge in [0.2, 0.25) is 0 Å². The summed E-state index contributed by atoms with van der Waals surface area (Å²) in [5.41, 5.74) is 0.709. The summed E-state index contributed by atoms with van der Waals surface area (Å²) in [6.07, 6.45) is 1.04. The number of Topliss-reactive ketones (excluding diaryl/α,β-unsaturated/α-hetero) is 2. The molecule has 1 aromatic carbocycles. The summed E-state index contributed by atoms with van der Waals surface area (Å²) in [6.45, 7) is 0. The zero-order valence-electron chi connectivity index (χ0n) is 11.7. The highest BCUT2D eigenvalue weighted by atomic mass is 16.5. The molecule has 1 fully saturated rings. The van der Waals surface area contributed by atoms with E-state index in [1.165, 1.54) is 0 Å². The molecule has 0 radical (unpaired) electrons. The fraction of sp³-hybridized carbons (Fsp3) is 0.438. The minimum absolute atomic E-state index is 0.0456. The van der Waals surface area contributed by atoms with Crippen LogP contribution in [0, 0.1) is 11.3 Å². The number of ether oxygens (including phenoxy) is 1. The molecule has 0 aliphatic heterocycles. The van der Waals surface area contributed by atoms with Crippen LogP contribution < -0.4 is 9.84 Å². The Morgan fingerprint density at radius 1 is 1.38 bits per heavy atom. The Bertz CT molecular complexity index is 648. The zero-order valence-corrected chi connectivity index (χ0v) is 11.7. The van der Waals surface area contributed by atoms with Crippen molar-refractivity contribution in [2.45, 2.75) is 25.7 Å². The van der Waals surface area contributed by atoms with Crippen molar-refractivity contribution in [1.82, 2.24) is 0 Å². The number of carboxylic acid groups (broad SMARTS) is 1. The number of hydrogen-bond donors (Lipinski definition) is 0. The molecule has 0 bridgehead atoms. The number of carbonyl (C=O) groups excluding carboxylic acids is 3. The average molecular weight is 287 g/mol. The fourth-order valence-electron chi connectivity index (χ4n) is 3.52. The van der Waals surface area contributed by atoms with Crippen LogP contribution >= 0.6 is 0 Å². The maximum Gasteiger partial charge on any atom is 0.169 e. The van der Waals surface area contributed by atoms with Crippen LogP contribution in [0.2, 0.25) is 0 Å². The molecule has 5 heteroatoms. The van der Waals surface area contributed by atoms with Crippen LogP contribution in [-0.2, 0) is 16.0 Å². The minimum Gasteiger partial charge on any atom is -0.549 e. The first kappa shape index (κ1) is 13.8. The van der Waals surface area contributed by atoms with E-state index in [1.807, 2.05) is 6.07 Å². The van der Waals surface area contributed by atoms with Gasteiger partial charge < -0.3 is 14.6 Å². The number of benzene rings is 1. The van der Waals surface area contributed by atoms with Gasteiger partial charge in [-0.3, -0.25) is 9.59 Å². The van der Waals surface area contributed by atoms with E-state index in [1.54, 1.807) is 19.2 Å². The molecule has 3 rings (SSSR count). The number of methoxy groups -OCH3 is 1. The molecule has 0 aromatic heterocycles. The third-order valence-electron chi connectivity index (χ3n) is 4.69. The topological polar surface area (TPSA) is 83.5 Å². The lowest BCUT2D eigenvalue weighted by Gasteiger charge is -2.36. The molecule has 110 valence electrons. The molecular weight excluding hydrogens is 272 g/mol. The molecule has 0 saturated heterocycles. The minimum atomic E-state index is -1.37. The molecule has 5 nitrogen and oxygen atoms in total. The van der Waals surface area contributed by atoms with E-state index < -0.39 is 17.3 Å². The summed E-state index contributed by atoms with van der Waals surface area (Å²) in [7, 11) is 1.56. The molecule has 0 heterocycles. The van der Waals surface area contributed by atoms with Gasteiger partial charge in [-0.15, -0.1) is 0 Å². The summed E-state index contributed by atoms with van der Waals surface area (Å²) in [5, 5.41) is 11.1. The first-order valence-corrected chi connectivity index (χ1v) is 6.92. The highest BCUT2D eigenvalue weighted by Crippen LogP contribution is 2.48. The first-order valence-electron chi connectivity index (χ1n) is 6.92. The van der Waals surface area contributed by atoms with Gasteiger partial charge in [0.05, 0.1) is 19.0 Å². The van der Waals surface area contributed by atoms with E-state index in [2.05, 4.69) is 0 Å². The van der Waals surface area contributed by atoms with E-state index in [9.17, 15) is 19.5 Å². The Hall–Kier alpha value is -2.17. The Kier molecular flexibility index (Phi) is 3.08. The van der Waals surface area contributed by atoms with Gasteiger partial charge >= 0.3 is 0 Å². The van der Waals surface area contributed by atoms with Gasteiger partial charge in [0.15, 0.2) is 5.78 Å². The maximum absolute atomic E-state index is 12.7. The second kappa shape index (κ2) is 4.69. The number of rotatable bonds is 2. The summed E-state index contributed by atoms with van der Waals surface area (Å²) in [5.74, 6) is -2.26. The van der Waals surface area contributed by atoms with Gasteiger partial charge in [-0.1, -0.05) is 0 Å². The predicted molar refractivity (Wildman–Crippen MR) is 70.8 cm³/mol. The molecule has 2 atom stereocenters. The molecule has 1 saturated carbocycles. The Morgan fingerprint density at radius 3 is 2.81 bits per heavy atom. The van der Waals surface area contributed by atoms with E-state index in [0.29, 0.717) is 24.2 Å². The number of ketones is 2. The van der Waals surface area contributed by atoms with Gasteiger partial charge in [0.25, 0.3) is 0 Å². The second-order valence-electron chi connectivity index (χ2n) is 5.85. The monoisotopic (exact) mass is 287 g/mol. The van der Waals surface area contributed by atoms with Crippen LogP contribution in [0.4, 0.5) is 0 Å². The number of hydrogen-bond acceptors (Lipinski definition) is 5. The van der Waals surface area contributed by atoms with Crippen LogP contribution in [0.1, 0.15) is 35.2 Å². The van der Waals surface area contributed by atoms with Crippen molar-refractivity contribution in [2.24, 2.45) is 11.3 Å². The highest BCUT2D eigenvalue weighted by Gasteiger charge is 2.50. The van der Waals surface area contributed by atoms with Crippen molar-refractivity contribution < 1.29 is 24.2 Å². The molecule has 2 aliphatic carbocycles. The van der Waals surface area contributed by atoms with Crippen molar-refractivity contribution in [3.63, 3.8) is 0 Å². The quantitative estimate of drug-likeness (QED) is 0.741. The van der Waals surface area contributed by atoms with Crippen LogP contribution in [0.15, 0.2) is 18.2 Å². The number of aliphatic carboxylic acids is 1. The third-order valence-corrected chi connectivity index (χ3v) is 4.69. The highest BCUT2D eigenvalue weighted by molar-refractivity contribution is 6.07. The van der Waals surface area contributed by atoms with Gasteiger partial charge in [-0.2, -0.15) is 0 Å². The summed E-state index contributed by atoms with van der Waals surface area (Å²) in [6, 6.07) is 5.25. The Morgan fingerprint density at radius 2 is 2.14 bits per heavy atom. The van der Waals surface area contributed by atoms with Crippen molar-refractivity contribution in [1.29, 1.82) is 0 Å². The average Bonchev–Trinajstić information content (AvgIpc) is 2.73. The normalized spacial score (nSPS) is 27.8. The molecule has 1 spiro atoms. The molecule has 1 aromatic rings. The van der Waals surface area contributed by atoms with Gasteiger partial charge in [0.1, 0.15) is 11.5 Å². The van der Waals surface area contributed by atoms with Gasteiger partial charge in [-0.25, -0.2) is 0 Å². The molecule has 2 aliphatic rings. The van der Waals surface area contributed by atoms with Crippen LogP contribution in [0.5, 0.6) is 5.75 Å². The maximum atomic E-state index is 12.7. The lowest BCUT2D eigenvalue weighted by molar-refractivity contribution is -0.311. The molecular formula is C16H15O5-. The summed E-state index contributed by atoms with van der Waals surface area (Å²) >= 11 is 0. The predicted octanol–water partition coefficient (Wildman–Crippen LogP) is 0.539. The van der Waals surface area contributed by atoms with Crippen molar-refractivity contribution >= 4 is 17.5 Å². The molecule has 0 N–H and O–H groups in total. The largest absolute Gasteiger partial charge is 0.549 e. The second-order valence-corrected chi connectivity index (χ2v) is 5.85. The lowest BCUT2D eigenvalue weighted by atomic mass is 9.67. The molecule has 0 unspecified atom stereocenters. The summed E-state index contributed by atoms with van der Waals surface area (Å²) < 4.78 is 5.16. The standard InChI is InChI=1S/C16H16O5/c1-21-10-2-3-11-9(6-10)7-16(14(11)18)5-4-13(17)12(8-16)15(19)20/h2-3,6,12H,4-5,7-8H2,1H3,(H,19,20)/p-1/t12-,16+/m0/s1. The third kappa shape index (κ3) is 2.04. The molecule has 0 amide bonds. The van der Waals surface area contributed by atoms with Crippen LogP contribution in [-0.4, -0.2) is 24.6 Å². The van der Waals surface area contributed by atoms with Gasteiger partial charge in [-0.05, 0) is 43.0 Å². The van der Waals surface area contributed by atoms with E-state index >= 15 is 0 Å². The SMILES string of the molecule is COc1ccc2c(c1)C[C@@]1(CCC(=O)[C@@H](C(=O)[O-])C1)C2=O. The van der Waals surface area contributed by atoms with E-state index in [4.69, 9.17) is 4.74 Å². The first-order chi connectivity index (χ1) is 9.97. The lowest BCUT2D eigenvalue weighted by Crippen LogP contribution is -2.46. The van der Waals surface area contributed by atoms with Crippen molar-refractivity contribution in [3.05, 3.63) is 29.3 Å². The smallest absolute Gasteiger partial charge is 0.169 e. The Labute approximate surface area is 121 Å². The van der Waals surface area contributed by atoms with Crippen molar-refractivity contribution in [3.8, 4) is 5.75 Å². The van der Waals surface area contributed by atoms with E-state index in [0.717, 1.165) is 5.56 Å².